The summed E-state index contributed by atoms with van der Waals surface area (Å²) in [5.41, 5.74) is 2.55. The first-order valence-corrected chi connectivity index (χ1v) is 6.56. The van der Waals surface area contributed by atoms with Crippen LogP contribution >= 0.6 is 0 Å². The van der Waals surface area contributed by atoms with Crippen LogP contribution < -0.4 is 0 Å². The zero-order valence-electron chi connectivity index (χ0n) is 10.9. The van der Waals surface area contributed by atoms with E-state index in [2.05, 4.69) is 12.1 Å². The minimum absolute atomic E-state index is 0.246. The van der Waals surface area contributed by atoms with Gasteiger partial charge in [-0.1, -0.05) is 24.3 Å². The minimum atomic E-state index is -0.725. The third kappa shape index (κ3) is 5.82. The predicted octanol–water partition coefficient (Wildman–Crippen LogP) is 2.80. The lowest BCUT2D eigenvalue weighted by atomic mass is 9.97. The van der Waals surface area contributed by atoms with Gasteiger partial charge >= 0.3 is 5.97 Å². The number of benzene rings is 1. The molecule has 1 unspecified atom stereocenters. The second kappa shape index (κ2) is 7.88. The molecule has 0 aromatic heterocycles. The molecule has 0 aliphatic carbocycles. The van der Waals surface area contributed by atoms with Gasteiger partial charge in [-0.15, -0.1) is 0 Å². The lowest BCUT2D eigenvalue weighted by Crippen LogP contribution is -2.03. The van der Waals surface area contributed by atoms with E-state index in [1.54, 1.807) is 6.92 Å². The maximum atomic E-state index is 10.4. The number of aliphatic carboxylic acids is 1. The first kappa shape index (κ1) is 14.7. The number of hydrogen-bond acceptors (Lipinski definition) is 2. The molecular formula is C15H22O3. The van der Waals surface area contributed by atoms with Crippen LogP contribution in [0.15, 0.2) is 24.3 Å². The lowest BCUT2D eigenvalue weighted by Gasteiger charge is -2.10. The molecule has 0 radical (unpaired) electrons. The normalized spacial score (nSPS) is 12.3. The SMILES string of the molecule is CC(O)CCc1ccccc1CCCCC(=O)O. The smallest absolute Gasteiger partial charge is 0.303 e. The van der Waals surface area contributed by atoms with Crippen molar-refractivity contribution in [3.63, 3.8) is 0 Å². The van der Waals surface area contributed by atoms with Crippen LogP contribution in [-0.2, 0) is 17.6 Å². The minimum Gasteiger partial charge on any atom is -0.481 e. The third-order valence-corrected chi connectivity index (χ3v) is 3.04. The van der Waals surface area contributed by atoms with Gasteiger partial charge in [0.25, 0.3) is 0 Å². The highest BCUT2D eigenvalue weighted by atomic mass is 16.4. The number of aliphatic hydroxyl groups is 1. The Bertz CT molecular complexity index is 372. The summed E-state index contributed by atoms with van der Waals surface area (Å²) < 4.78 is 0. The molecule has 1 atom stereocenters. The van der Waals surface area contributed by atoms with E-state index in [1.807, 2.05) is 12.1 Å². The van der Waals surface area contributed by atoms with Gasteiger partial charge < -0.3 is 10.2 Å². The van der Waals surface area contributed by atoms with Crippen LogP contribution in [-0.4, -0.2) is 22.3 Å². The number of carbonyl (C=O) groups is 1. The molecule has 0 saturated heterocycles. The van der Waals surface area contributed by atoms with Gasteiger partial charge in [-0.2, -0.15) is 0 Å². The number of carboxylic acid groups (broad SMARTS) is 1. The van der Waals surface area contributed by atoms with Crippen molar-refractivity contribution in [2.24, 2.45) is 0 Å². The molecule has 1 rings (SSSR count). The Balaban J connectivity index is 2.45. The Morgan fingerprint density at radius 3 is 2.33 bits per heavy atom. The van der Waals surface area contributed by atoms with E-state index in [0.29, 0.717) is 0 Å². The summed E-state index contributed by atoms with van der Waals surface area (Å²) in [4.78, 5) is 10.4. The van der Waals surface area contributed by atoms with Crippen molar-refractivity contribution < 1.29 is 15.0 Å². The number of aliphatic hydroxyl groups excluding tert-OH is 1. The van der Waals surface area contributed by atoms with Crippen LogP contribution in [0.25, 0.3) is 0 Å². The number of carboxylic acids is 1. The second-order valence-electron chi connectivity index (χ2n) is 4.76. The van der Waals surface area contributed by atoms with Gasteiger partial charge in [0.15, 0.2) is 0 Å². The Morgan fingerprint density at radius 2 is 1.78 bits per heavy atom. The average Bonchev–Trinajstić information content (AvgIpc) is 2.33. The van der Waals surface area contributed by atoms with Crippen LogP contribution in [0.1, 0.15) is 43.7 Å². The molecule has 0 aliphatic heterocycles. The monoisotopic (exact) mass is 250 g/mol. The zero-order chi connectivity index (χ0) is 13.4. The molecular weight excluding hydrogens is 228 g/mol. The van der Waals surface area contributed by atoms with E-state index >= 15 is 0 Å². The molecule has 0 spiro atoms. The molecule has 100 valence electrons. The molecule has 2 N–H and O–H groups in total. The molecule has 3 heteroatoms. The van der Waals surface area contributed by atoms with Crippen LogP contribution in [0.4, 0.5) is 0 Å². The molecule has 18 heavy (non-hydrogen) atoms. The summed E-state index contributed by atoms with van der Waals surface area (Å²) >= 11 is 0. The summed E-state index contributed by atoms with van der Waals surface area (Å²) in [7, 11) is 0. The van der Waals surface area contributed by atoms with Gasteiger partial charge in [0.05, 0.1) is 6.10 Å². The van der Waals surface area contributed by atoms with Crippen LogP contribution in [0, 0.1) is 0 Å². The molecule has 0 fully saturated rings. The first-order valence-electron chi connectivity index (χ1n) is 6.56. The molecule has 3 nitrogen and oxygen atoms in total. The van der Waals surface area contributed by atoms with Crippen molar-refractivity contribution in [1.29, 1.82) is 0 Å². The van der Waals surface area contributed by atoms with Crippen LogP contribution in [0.5, 0.6) is 0 Å². The summed E-state index contributed by atoms with van der Waals surface area (Å²) in [5.74, 6) is -0.725. The second-order valence-corrected chi connectivity index (χ2v) is 4.76. The molecule has 0 saturated carbocycles. The van der Waals surface area contributed by atoms with E-state index < -0.39 is 5.97 Å². The number of hydrogen-bond donors (Lipinski definition) is 2. The number of aryl methyl sites for hydroxylation is 2. The molecule has 0 heterocycles. The summed E-state index contributed by atoms with van der Waals surface area (Å²) in [5, 5.41) is 17.9. The molecule has 1 aromatic carbocycles. The quantitative estimate of drug-likeness (QED) is 0.697. The highest BCUT2D eigenvalue weighted by molar-refractivity contribution is 5.66. The molecule has 0 amide bonds. The zero-order valence-corrected chi connectivity index (χ0v) is 10.9. The number of rotatable bonds is 8. The topological polar surface area (TPSA) is 57.5 Å². The Morgan fingerprint density at radius 1 is 1.17 bits per heavy atom. The van der Waals surface area contributed by atoms with Gasteiger partial charge in [-0.25, -0.2) is 0 Å². The van der Waals surface area contributed by atoms with Gasteiger partial charge in [0, 0.05) is 6.42 Å². The fourth-order valence-electron chi connectivity index (χ4n) is 2.00. The first-order chi connectivity index (χ1) is 8.59. The third-order valence-electron chi connectivity index (χ3n) is 3.04. The Hall–Kier alpha value is -1.35. The van der Waals surface area contributed by atoms with Crippen molar-refractivity contribution in [2.45, 2.75) is 51.6 Å². The van der Waals surface area contributed by atoms with Crippen molar-refractivity contribution in [2.75, 3.05) is 0 Å². The maximum Gasteiger partial charge on any atom is 0.303 e. The van der Waals surface area contributed by atoms with E-state index in [0.717, 1.165) is 32.1 Å². The standard InChI is InChI=1S/C15H22O3/c1-12(16)10-11-14-8-3-2-6-13(14)7-4-5-9-15(17)18/h2-3,6,8,12,16H,4-5,7,9-11H2,1H3,(H,17,18). The van der Waals surface area contributed by atoms with Crippen molar-refractivity contribution >= 4 is 5.97 Å². The summed E-state index contributed by atoms with van der Waals surface area (Å²) in [6, 6.07) is 8.21. The predicted molar refractivity (Wildman–Crippen MR) is 71.6 cm³/mol. The lowest BCUT2D eigenvalue weighted by molar-refractivity contribution is -0.137. The van der Waals surface area contributed by atoms with Gasteiger partial charge in [-0.05, 0) is 50.2 Å². The van der Waals surface area contributed by atoms with Gasteiger partial charge in [0.1, 0.15) is 0 Å². The fourth-order valence-corrected chi connectivity index (χ4v) is 2.00. The molecule has 0 aliphatic rings. The molecule has 0 bridgehead atoms. The van der Waals surface area contributed by atoms with Crippen molar-refractivity contribution in [3.8, 4) is 0 Å². The number of unbranched alkanes of at least 4 members (excludes halogenated alkanes) is 1. The summed E-state index contributed by atoms with van der Waals surface area (Å²) in [6.45, 7) is 1.80. The summed E-state index contributed by atoms with van der Waals surface area (Å²) in [6.07, 6.45) is 4.17. The van der Waals surface area contributed by atoms with Crippen molar-refractivity contribution in [3.05, 3.63) is 35.4 Å². The van der Waals surface area contributed by atoms with E-state index in [4.69, 9.17) is 5.11 Å². The highest BCUT2D eigenvalue weighted by Gasteiger charge is 2.04. The van der Waals surface area contributed by atoms with E-state index in [-0.39, 0.29) is 12.5 Å². The Labute approximate surface area is 108 Å². The van der Waals surface area contributed by atoms with E-state index in [9.17, 15) is 9.90 Å². The maximum absolute atomic E-state index is 10.4. The Kier molecular flexibility index (Phi) is 6.44. The largest absolute Gasteiger partial charge is 0.481 e. The van der Waals surface area contributed by atoms with E-state index in [1.165, 1.54) is 11.1 Å². The molecule has 1 aromatic rings. The average molecular weight is 250 g/mol. The van der Waals surface area contributed by atoms with Crippen molar-refractivity contribution in [1.82, 2.24) is 0 Å². The van der Waals surface area contributed by atoms with Gasteiger partial charge in [-0.3, -0.25) is 4.79 Å². The fraction of sp³-hybridized carbons (Fsp3) is 0.533. The van der Waals surface area contributed by atoms with Crippen LogP contribution in [0.3, 0.4) is 0 Å². The van der Waals surface area contributed by atoms with Crippen LogP contribution in [0.2, 0.25) is 0 Å². The highest BCUT2D eigenvalue weighted by Crippen LogP contribution is 2.15. The van der Waals surface area contributed by atoms with Gasteiger partial charge in [0.2, 0.25) is 0 Å².